The highest BCUT2D eigenvalue weighted by Crippen LogP contribution is 2.22. The van der Waals surface area contributed by atoms with E-state index in [1.807, 2.05) is 6.92 Å². The van der Waals surface area contributed by atoms with Crippen LogP contribution in [0.25, 0.3) is 0 Å². The Labute approximate surface area is 164 Å². The van der Waals surface area contributed by atoms with Crippen molar-refractivity contribution in [1.82, 2.24) is 15.5 Å². The van der Waals surface area contributed by atoms with E-state index < -0.39 is 0 Å². The Morgan fingerprint density at radius 2 is 2.04 bits per heavy atom. The maximum Gasteiger partial charge on any atom is 0.191 e. The molecule has 1 unspecified atom stereocenters. The first-order chi connectivity index (χ1) is 12.5. The van der Waals surface area contributed by atoms with Crippen LogP contribution in [0.4, 0.5) is 0 Å². The van der Waals surface area contributed by atoms with Gasteiger partial charge in [-0.05, 0) is 64.7 Å². The Bertz CT molecular complexity index is 549. The summed E-state index contributed by atoms with van der Waals surface area (Å²) in [5.41, 5.74) is 2.54. The molecule has 0 saturated heterocycles. The molecule has 1 rings (SSSR count). The third kappa shape index (κ3) is 8.92. The summed E-state index contributed by atoms with van der Waals surface area (Å²) in [6.07, 6.45) is 3.30. The van der Waals surface area contributed by atoms with Gasteiger partial charge in [0.2, 0.25) is 0 Å². The SMILES string of the molecule is CCNC(=NCc1ccc(C)cc1SC)NCC(CCN(C)C)OCC. The molecule has 0 spiro atoms. The molecule has 148 valence electrons. The minimum Gasteiger partial charge on any atom is -0.377 e. The Hall–Kier alpha value is -1.24. The van der Waals surface area contributed by atoms with Gasteiger partial charge in [-0.3, -0.25) is 0 Å². The number of ether oxygens (including phenoxy) is 1. The lowest BCUT2D eigenvalue weighted by Crippen LogP contribution is -2.42. The number of thioether (sulfide) groups is 1. The molecule has 5 nitrogen and oxygen atoms in total. The van der Waals surface area contributed by atoms with E-state index in [2.05, 4.69) is 67.9 Å². The average molecular weight is 381 g/mol. The van der Waals surface area contributed by atoms with Crippen LogP contribution in [0.2, 0.25) is 0 Å². The van der Waals surface area contributed by atoms with Gasteiger partial charge >= 0.3 is 0 Å². The first-order valence-corrected chi connectivity index (χ1v) is 10.6. The van der Waals surface area contributed by atoms with Crippen LogP contribution >= 0.6 is 11.8 Å². The molecule has 0 aromatic heterocycles. The first kappa shape index (κ1) is 22.8. The number of guanidine groups is 1. The normalized spacial score (nSPS) is 13.1. The van der Waals surface area contributed by atoms with Crippen molar-refractivity contribution in [3.05, 3.63) is 29.3 Å². The third-order valence-electron chi connectivity index (χ3n) is 3.99. The predicted molar refractivity (Wildman–Crippen MR) is 114 cm³/mol. The summed E-state index contributed by atoms with van der Waals surface area (Å²) in [5, 5.41) is 6.77. The van der Waals surface area contributed by atoms with Gasteiger partial charge in [-0.25, -0.2) is 4.99 Å². The van der Waals surface area contributed by atoms with E-state index in [-0.39, 0.29) is 6.10 Å². The summed E-state index contributed by atoms with van der Waals surface area (Å²) >= 11 is 1.77. The minimum absolute atomic E-state index is 0.187. The third-order valence-corrected chi connectivity index (χ3v) is 4.81. The van der Waals surface area contributed by atoms with E-state index in [0.29, 0.717) is 6.54 Å². The van der Waals surface area contributed by atoms with Crippen molar-refractivity contribution in [2.75, 3.05) is 46.6 Å². The summed E-state index contributed by atoms with van der Waals surface area (Å²) < 4.78 is 5.86. The topological polar surface area (TPSA) is 48.9 Å². The fraction of sp³-hybridized carbons (Fsp3) is 0.650. The van der Waals surface area contributed by atoms with Crippen LogP contribution in [-0.4, -0.2) is 63.6 Å². The molecule has 0 heterocycles. The number of aryl methyl sites for hydroxylation is 1. The fourth-order valence-corrected chi connectivity index (χ4v) is 3.28. The van der Waals surface area contributed by atoms with Crippen molar-refractivity contribution >= 4 is 17.7 Å². The zero-order valence-corrected chi connectivity index (χ0v) is 18.1. The van der Waals surface area contributed by atoms with Gasteiger partial charge < -0.3 is 20.3 Å². The standard InChI is InChI=1S/C20H36N4OS/c1-7-21-20(23-15-18(25-8-2)11-12-24(4)5)22-14-17-10-9-16(3)13-19(17)26-6/h9-10,13,18H,7-8,11-12,14-15H2,1-6H3,(H2,21,22,23). The molecule has 0 saturated carbocycles. The summed E-state index contributed by atoms with van der Waals surface area (Å²) in [6.45, 7) is 10.3. The second-order valence-electron chi connectivity index (χ2n) is 6.56. The highest BCUT2D eigenvalue weighted by atomic mass is 32.2. The number of rotatable bonds is 11. The van der Waals surface area contributed by atoms with E-state index in [9.17, 15) is 0 Å². The molecule has 26 heavy (non-hydrogen) atoms. The maximum atomic E-state index is 5.86. The van der Waals surface area contributed by atoms with Crippen LogP contribution in [0.1, 0.15) is 31.4 Å². The second kappa shape index (κ2) is 13.0. The Balaban J connectivity index is 2.70. The monoisotopic (exact) mass is 380 g/mol. The van der Waals surface area contributed by atoms with Gasteiger partial charge in [-0.2, -0.15) is 0 Å². The van der Waals surface area contributed by atoms with Crippen molar-refractivity contribution in [2.45, 2.75) is 44.7 Å². The smallest absolute Gasteiger partial charge is 0.191 e. The van der Waals surface area contributed by atoms with Crippen molar-refractivity contribution in [2.24, 2.45) is 4.99 Å². The molecule has 2 N–H and O–H groups in total. The van der Waals surface area contributed by atoms with Gasteiger partial charge in [-0.1, -0.05) is 12.1 Å². The molecule has 1 aromatic carbocycles. The van der Waals surface area contributed by atoms with Crippen LogP contribution in [0.3, 0.4) is 0 Å². The largest absolute Gasteiger partial charge is 0.377 e. The molecule has 0 amide bonds. The maximum absolute atomic E-state index is 5.86. The lowest BCUT2D eigenvalue weighted by molar-refractivity contribution is 0.0548. The van der Waals surface area contributed by atoms with E-state index >= 15 is 0 Å². The van der Waals surface area contributed by atoms with E-state index in [1.165, 1.54) is 16.0 Å². The quantitative estimate of drug-likeness (QED) is 0.351. The van der Waals surface area contributed by atoms with Crippen LogP contribution in [0, 0.1) is 6.92 Å². The van der Waals surface area contributed by atoms with Gasteiger partial charge in [0.1, 0.15) is 0 Å². The van der Waals surface area contributed by atoms with E-state index in [0.717, 1.165) is 38.6 Å². The molecule has 1 atom stereocenters. The second-order valence-corrected chi connectivity index (χ2v) is 7.41. The van der Waals surface area contributed by atoms with E-state index in [1.54, 1.807) is 11.8 Å². The van der Waals surface area contributed by atoms with Gasteiger partial charge in [0.15, 0.2) is 5.96 Å². The fourth-order valence-electron chi connectivity index (χ4n) is 2.58. The zero-order valence-electron chi connectivity index (χ0n) is 17.3. The number of aliphatic imine (C=N–C) groups is 1. The predicted octanol–water partition coefficient (Wildman–Crippen LogP) is 3.13. The number of nitrogens with zero attached hydrogens (tertiary/aromatic N) is 2. The van der Waals surface area contributed by atoms with Crippen molar-refractivity contribution in [1.29, 1.82) is 0 Å². The van der Waals surface area contributed by atoms with Crippen molar-refractivity contribution in [3.8, 4) is 0 Å². The average Bonchev–Trinajstić information content (AvgIpc) is 2.62. The van der Waals surface area contributed by atoms with Gasteiger partial charge in [0.05, 0.1) is 12.6 Å². The Morgan fingerprint density at radius 1 is 1.27 bits per heavy atom. The first-order valence-electron chi connectivity index (χ1n) is 9.42. The Morgan fingerprint density at radius 3 is 2.65 bits per heavy atom. The highest BCUT2D eigenvalue weighted by Gasteiger charge is 2.10. The van der Waals surface area contributed by atoms with Crippen LogP contribution in [0.15, 0.2) is 28.1 Å². The minimum atomic E-state index is 0.187. The molecular formula is C20H36N4OS. The molecule has 0 bridgehead atoms. The summed E-state index contributed by atoms with van der Waals surface area (Å²) in [4.78, 5) is 8.25. The molecule has 0 fully saturated rings. The van der Waals surface area contributed by atoms with Crippen molar-refractivity contribution < 1.29 is 4.74 Å². The molecule has 0 radical (unpaired) electrons. The van der Waals surface area contributed by atoms with Crippen LogP contribution < -0.4 is 10.6 Å². The van der Waals surface area contributed by atoms with E-state index in [4.69, 9.17) is 9.73 Å². The van der Waals surface area contributed by atoms with Gasteiger partial charge in [-0.15, -0.1) is 11.8 Å². The summed E-state index contributed by atoms with van der Waals surface area (Å²) in [5.74, 6) is 0.842. The molecule has 0 aliphatic rings. The molecule has 6 heteroatoms. The number of hydrogen-bond acceptors (Lipinski definition) is 4. The molecule has 1 aromatic rings. The van der Waals surface area contributed by atoms with Crippen LogP contribution in [0.5, 0.6) is 0 Å². The number of benzene rings is 1. The summed E-state index contributed by atoms with van der Waals surface area (Å²) in [7, 11) is 4.18. The highest BCUT2D eigenvalue weighted by molar-refractivity contribution is 7.98. The van der Waals surface area contributed by atoms with Gasteiger partial charge in [0, 0.05) is 31.1 Å². The number of hydrogen-bond donors (Lipinski definition) is 2. The Kier molecular flexibility index (Phi) is 11.4. The summed E-state index contributed by atoms with van der Waals surface area (Å²) in [6, 6.07) is 6.55. The lowest BCUT2D eigenvalue weighted by Gasteiger charge is -2.21. The lowest BCUT2D eigenvalue weighted by atomic mass is 10.1. The molecule has 0 aliphatic heterocycles. The van der Waals surface area contributed by atoms with Crippen LogP contribution in [-0.2, 0) is 11.3 Å². The zero-order chi connectivity index (χ0) is 19.4. The number of nitrogens with one attached hydrogen (secondary N) is 2. The molecular weight excluding hydrogens is 344 g/mol. The molecule has 0 aliphatic carbocycles. The van der Waals surface area contributed by atoms with Crippen molar-refractivity contribution in [3.63, 3.8) is 0 Å². The van der Waals surface area contributed by atoms with Gasteiger partial charge in [0.25, 0.3) is 0 Å².